The lowest BCUT2D eigenvalue weighted by Crippen LogP contribution is -2.52. The van der Waals surface area contributed by atoms with E-state index in [9.17, 15) is 24.3 Å². The zero-order chi connectivity index (χ0) is 29.7. The summed E-state index contributed by atoms with van der Waals surface area (Å²) in [6.45, 7) is 16.5. The highest BCUT2D eigenvalue weighted by atomic mass is 16.3. The Bertz CT molecular complexity index is 947. The largest absolute Gasteiger partial charge is 0.391 e. The molecule has 9 heteroatoms. The van der Waals surface area contributed by atoms with Gasteiger partial charge in [0.15, 0.2) is 0 Å². The molecular weight excluding hydrogens is 496 g/mol. The van der Waals surface area contributed by atoms with E-state index in [-0.39, 0.29) is 36.0 Å². The second-order valence-electron chi connectivity index (χ2n) is 11.6. The first-order chi connectivity index (χ1) is 18.3. The van der Waals surface area contributed by atoms with Crippen molar-refractivity contribution >= 4 is 23.6 Å². The zero-order valence-electron chi connectivity index (χ0n) is 25.0. The number of aliphatic hydroxyl groups excluding tert-OH is 1. The molecule has 1 aromatic carbocycles. The van der Waals surface area contributed by atoms with Crippen LogP contribution in [0.2, 0.25) is 0 Å². The summed E-state index contributed by atoms with van der Waals surface area (Å²) in [5.41, 5.74) is 0.706. The summed E-state index contributed by atoms with van der Waals surface area (Å²) in [4.78, 5) is 51.0. The number of carbonyl (C=O) groups is 4. The van der Waals surface area contributed by atoms with Crippen molar-refractivity contribution in [1.29, 1.82) is 0 Å². The fourth-order valence-electron chi connectivity index (χ4n) is 4.09. The van der Waals surface area contributed by atoms with Gasteiger partial charge in [-0.1, -0.05) is 61.5 Å². The molecule has 0 aliphatic heterocycles. The van der Waals surface area contributed by atoms with Gasteiger partial charge in [0, 0.05) is 30.1 Å². The summed E-state index contributed by atoms with van der Waals surface area (Å²) < 4.78 is 0. The molecule has 4 atom stereocenters. The first-order valence-corrected chi connectivity index (χ1v) is 14.2. The van der Waals surface area contributed by atoms with Gasteiger partial charge in [0.2, 0.25) is 11.8 Å². The highest BCUT2D eigenvalue weighted by Crippen LogP contribution is 2.17. The molecule has 1 rings (SSSR count). The molecular formula is C30H50N4O5. The SMILES string of the molecule is CCCNC(=O)c1cccc(C(=O)N[C@@H](CC(C)C)[C@@H](O)C[C@@H](C)C(=O)NC(C(=O)NCC(C)C)C(C)C)c1. The van der Waals surface area contributed by atoms with Gasteiger partial charge >= 0.3 is 0 Å². The summed E-state index contributed by atoms with van der Waals surface area (Å²) in [5, 5.41) is 22.5. The fourth-order valence-corrected chi connectivity index (χ4v) is 4.09. The molecule has 0 fully saturated rings. The van der Waals surface area contributed by atoms with E-state index in [2.05, 4.69) is 21.3 Å². The lowest BCUT2D eigenvalue weighted by atomic mass is 9.91. The van der Waals surface area contributed by atoms with Crippen molar-refractivity contribution < 1.29 is 24.3 Å². The van der Waals surface area contributed by atoms with Gasteiger partial charge in [-0.15, -0.1) is 0 Å². The molecule has 0 spiro atoms. The third-order valence-electron chi connectivity index (χ3n) is 6.40. The van der Waals surface area contributed by atoms with Crippen LogP contribution in [0.25, 0.3) is 0 Å². The van der Waals surface area contributed by atoms with E-state index >= 15 is 0 Å². The Kier molecular flexibility index (Phi) is 14.8. The molecule has 0 bridgehead atoms. The number of amides is 4. The van der Waals surface area contributed by atoms with E-state index < -0.39 is 30.0 Å². The molecule has 4 amide bonds. The molecule has 39 heavy (non-hydrogen) atoms. The minimum Gasteiger partial charge on any atom is -0.391 e. The predicted molar refractivity (Wildman–Crippen MR) is 154 cm³/mol. The van der Waals surface area contributed by atoms with Crippen LogP contribution in [0.4, 0.5) is 0 Å². The van der Waals surface area contributed by atoms with Crippen LogP contribution in [0.15, 0.2) is 24.3 Å². The Morgan fingerprint density at radius 2 is 1.41 bits per heavy atom. The molecule has 0 heterocycles. The van der Waals surface area contributed by atoms with Crippen molar-refractivity contribution in [3.63, 3.8) is 0 Å². The summed E-state index contributed by atoms with van der Waals surface area (Å²) in [7, 11) is 0. The van der Waals surface area contributed by atoms with Gasteiger partial charge in [0.1, 0.15) is 6.04 Å². The van der Waals surface area contributed by atoms with E-state index in [0.29, 0.717) is 36.6 Å². The van der Waals surface area contributed by atoms with Crippen LogP contribution in [0.1, 0.15) is 95.4 Å². The molecule has 1 unspecified atom stereocenters. The summed E-state index contributed by atoms with van der Waals surface area (Å²) in [5.74, 6) is -1.42. The number of aliphatic hydroxyl groups is 1. The maximum atomic E-state index is 13.1. The maximum Gasteiger partial charge on any atom is 0.251 e. The minimum absolute atomic E-state index is 0.106. The van der Waals surface area contributed by atoms with Crippen LogP contribution < -0.4 is 21.3 Å². The number of hydrogen-bond donors (Lipinski definition) is 5. The normalized spacial score (nSPS) is 14.5. The van der Waals surface area contributed by atoms with Crippen molar-refractivity contribution in [2.45, 2.75) is 92.8 Å². The van der Waals surface area contributed by atoms with Crippen molar-refractivity contribution in [2.75, 3.05) is 13.1 Å². The lowest BCUT2D eigenvalue weighted by molar-refractivity contribution is -0.132. The Morgan fingerprint density at radius 1 is 0.795 bits per heavy atom. The molecule has 0 aliphatic carbocycles. The highest BCUT2D eigenvalue weighted by Gasteiger charge is 2.30. The summed E-state index contributed by atoms with van der Waals surface area (Å²) in [6.07, 6.45) is 0.437. The third kappa shape index (κ3) is 12.2. The van der Waals surface area contributed by atoms with Crippen molar-refractivity contribution in [1.82, 2.24) is 21.3 Å². The zero-order valence-corrected chi connectivity index (χ0v) is 25.0. The topological polar surface area (TPSA) is 137 Å². The van der Waals surface area contributed by atoms with Gasteiger partial charge in [-0.3, -0.25) is 19.2 Å². The second kappa shape index (κ2) is 16.9. The molecule has 0 saturated heterocycles. The molecule has 0 aromatic heterocycles. The van der Waals surface area contributed by atoms with Gasteiger partial charge in [-0.2, -0.15) is 0 Å². The Hall–Kier alpha value is -2.94. The standard InChI is InChI=1S/C30H50N4O5/c1-9-13-31-28(37)22-11-10-12-23(16-22)29(38)33-24(14-18(2)3)25(35)15-21(8)27(36)34-26(20(6)7)30(39)32-17-19(4)5/h10-12,16,18-21,24-26,35H,9,13-15,17H2,1-8H3,(H,31,37)(H,32,39)(H,33,38)(H,34,36)/t21-,24+,25+,26?/m1/s1. The van der Waals surface area contributed by atoms with E-state index in [1.54, 1.807) is 25.1 Å². The van der Waals surface area contributed by atoms with Gasteiger partial charge < -0.3 is 26.4 Å². The molecule has 1 aromatic rings. The van der Waals surface area contributed by atoms with Crippen LogP contribution in [0.3, 0.4) is 0 Å². The van der Waals surface area contributed by atoms with Gasteiger partial charge in [-0.25, -0.2) is 0 Å². The van der Waals surface area contributed by atoms with Crippen LogP contribution in [0, 0.1) is 23.7 Å². The first-order valence-electron chi connectivity index (χ1n) is 14.2. The Balaban J connectivity index is 2.90. The van der Waals surface area contributed by atoms with Crippen LogP contribution in [-0.4, -0.2) is 60.0 Å². The smallest absolute Gasteiger partial charge is 0.251 e. The minimum atomic E-state index is -0.986. The third-order valence-corrected chi connectivity index (χ3v) is 6.40. The van der Waals surface area contributed by atoms with Crippen LogP contribution >= 0.6 is 0 Å². The quantitative estimate of drug-likeness (QED) is 0.217. The number of hydrogen-bond acceptors (Lipinski definition) is 5. The Morgan fingerprint density at radius 3 is 1.95 bits per heavy atom. The average molecular weight is 547 g/mol. The van der Waals surface area contributed by atoms with Gasteiger partial charge in [-0.05, 0) is 55.2 Å². The molecule has 220 valence electrons. The maximum absolute atomic E-state index is 13.1. The van der Waals surface area contributed by atoms with Crippen LogP contribution in [-0.2, 0) is 9.59 Å². The van der Waals surface area contributed by atoms with Crippen molar-refractivity contribution in [3.8, 4) is 0 Å². The van der Waals surface area contributed by atoms with E-state index in [1.807, 2.05) is 48.5 Å². The van der Waals surface area contributed by atoms with E-state index in [4.69, 9.17) is 0 Å². The first kappa shape index (κ1) is 34.1. The molecule has 9 nitrogen and oxygen atoms in total. The highest BCUT2D eigenvalue weighted by molar-refractivity contribution is 5.99. The summed E-state index contributed by atoms with van der Waals surface area (Å²) in [6, 6.07) is 5.18. The molecule has 5 N–H and O–H groups in total. The molecule has 0 radical (unpaired) electrons. The molecule has 0 aliphatic rings. The monoisotopic (exact) mass is 546 g/mol. The summed E-state index contributed by atoms with van der Waals surface area (Å²) >= 11 is 0. The number of nitrogens with one attached hydrogen (secondary N) is 4. The Labute approximate surface area is 234 Å². The fraction of sp³-hybridized carbons (Fsp3) is 0.667. The number of rotatable bonds is 16. The van der Waals surface area contributed by atoms with Crippen molar-refractivity contribution in [2.24, 2.45) is 23.7 Å². The van der Waals surface area contributed by atoms with Gasteiger partial charge in [0.25, 0.3) is 11.8 Å². The number of benzene rings is 1. The second-order valence-corrected chi connectivity index (χ2v) is 11.6. The predicted octanol–water partition coefficient (Wildman–Crippen LogP) is 3.27. The van der Waals surface area contributed by atoms with Gasteiger partial charge in [0.05, 0.1) is 12.1 Å². The van der Waals surface area contributed by atoms with Crippen molar-refractivity contribution in [3.05, 3.63) is 35.4 Å². The average Bonchev–Trinajstić information content (AvgIpc) is 2.87. The number of carbonyl (C=O) groups excluding carboxylic acids is 4. The lowest BCUT2D eigenvalue weighted by Gasteiger charge is -2.29. The van der Waals surface area contributed by atoms with Crippen LogP contribution in [0.5, 0.6) is 0 Å². The van der Waals surface area contributed by atoms with E-state index in [1.165, 1.54) is 6.07 Å². The molecule has 0 saturated carbocycles. The van der Waals surface area contributed by atoms with E-state index in [0.717, 1.165) is 6.42 Å².